The van der Waals surface area contributed by atoms with E-state index in [1.54, 1.807) is 6.20 Å². The largest absolute Gasteiger partial charge is 0.437 e. The summed E-state index contributed by atoms with van der Waals surface area (Å²) >= 11 is 0. The number of furan rings is 1. The zero-order valence-electron chi connectivity index (χ0n) is 16.2. The molecule has 5 heteroatoms. The molecule has 0 spiro atoms. The number of nitrogens with zero attached hydrogens (tertiary/aromatic N) is 4. The Morgan fingerprint density at radius 2 is 1.60 bits per heavy atom. The summed E-state index contributed by atoms with van der Waals surface area (Å²) in [7, 11) is 0. The molecule has 7 rings (SSSR count). The summed E-state index contributed by atoms with van der Waals surface area (Å²) in [6, 6.07) is 25.1. The van der Waals surface area contributed by atoms with Crippen molar-refractivity contribution in [2.24, 2.45) is 0 Å². The Balaban J connectivity index is 1.67. The van der Waals surface area contributed by atoms with Crippen molar-refractivity contribution in [3.05, 3.63) is 84.6 Å². The third-order valence-corrected chi connectivity index (χ3v) is 5.88. The van der Waals surface area contributed by atoms with Crippen molar-refractivity contribution in [3.63, 3.8) is 0 Å². The fourth-order valence-electron chi connectivity index (χ4n) is 4.60. The topological polar surface area (TPSA) is 48.3 Å². The van der Waals surface area contributed by atoms with Crippen molar-refractivity contribution >= 4 is 49.9 Å². The lowest BCUT2D eigenvalue weighted by Gasteiger charge is -2.07. The van der Waals surface area contributed by atoms with Crippen LogP contribution in [0.15, 0.2) is 83.4 Å². The van der Waals surface area contributed by atoms with Gasteiger partial charge in [0, 0.05) is 17.0 Å². The summed E-state index contributed by atoms with van der Waals surface area (Å²) in [5.41, 5.74) is 8.05. The molecule has 0 unspecified atom stereocenters. The van der Waals surface area contributed by atoms with Crippen LogP contribution in [0.4, 0.5) is 0 Å². The van der Waals surface area contributed by atoms with Crippen LogP contribution in [0.3, 0.4) is 0 Å². The zero-order chi connectivity index (χ0) is 19.8. The van der Waals surface area contributed by atoms with Gasteiger partial charge in [-0.25, -0.2) is 9.97 Å². The Morgan fingerprint density at radius 1 is 0.800 bits per heavy atom. The molecule has 0 aliphatic carbocycles. The van der Waals surface area contributed by atoms with Gasteiger partial charge < -0.3 is 4.42 Å². The summed E-state index contributed by atoms with van der Waals surface area (Å²) in [5, 5.41) is 2.10. The van der Waals surface area contributed by atoms with Crippen LogP contribution in [-0.2, 0) is 0 Å². The molecule has 0 saturated heterocycles. The molecule has 142 valence electrons. The summed E-state index contributed by atoms with van der Waals surface area (Å²) in [6.45, 7) is 2.08. The van der Waals surface area contributed by atoms with Crippen molar-refractivity contribution < 1.29 is 4.42 Å². The average molecular weight is 388 g/mol. The number of benzene rings is 3. The minimum Gasteiger partial charge on any atom is -0.437 e. The van der Waals surface area contributed by atoms with E-state index in [0.717, 1.165) is 55.5 Å². The van der Waals surface area contributed by atoms with Gasteiger partial charge in [-0.3, -0.25) is 8.97 Å². The molecule has 5 nitrogen and oxygen atoms in total. The average Bonchev–Trinajstić information content (AvgIpc) is 3.42. The van der Waals surface area contributed by atoms with Crippen molar-refractivity contribution in [2.45, 2.75) is 6.92 Å². The summed E-state index contributed by atoms with van der Waals surface area (Å²) in [4.78, 5) is 9.37. The molecular formula is C25H16N4O. The molecule has 0 atom stereocenters. The molecule has 30 heavy (non-hydrogen) atoms. The molecule has 4 heterocycles. The summed E-state index contributed by atoms with van der Waals surface area (Å²) in [5.74, 6) is 0.905. The fraction of sp³-hybridized carbons (Fsp3) is 0.0400. The van der Waals surface area contributed by atoms with Gasteiger partial charge >= 0.3 is 0 Å². The number of rotatable bonds is 1. The molecule has 0 fully saturated rings. The maximum absolute atomic E-state index is 6.04. The second kappa shape index (κ2) is 5.48. The van der Waals surface area contributed by atoms with Gasteiger partial charge in [0.2, 0.25) is 11.5 Å². The lowest BCUT2D eigenvalue weighted by Crippen LogP contribution is -1.96. The quantitative estimate of drug-likeness (QED) is 0.345. The number of pyridine rings is 1. The molecule has 0 radical (unpaired) electrons. The van der Waals surface area contributed by atoms with Crippen LogP contribution < -0.4 is 0 Å². The predicted octanol–water partition coefficient (Wildman–Crippen LogP) is 6.03. The molecule has 0 N–H and O–H groups in total. The van der Waals surface area contributed by atoms with Crippen LogP contribution in [0.25, 0.3) is 55.6 Å². The van der Waals surface area contributed by atoms with Crippen LogP contribution in [0, 0.1) is 6.92 Å². The van der Waals surface area contributed by atoms with E-state index in [4.69, 9.17) is 9.40 Å². The normalized spacial score (nSPS) is 12.2. The third-order valence-electron chi connectivity index (χ3n) is 5.88. The molecular weight excluding hydrogens is 372 g/mol. The van der Waals surface area contributed by atoms with Crippen molar-refractivity contribution in [3.8, 4) is 5.69 Å². The number of hydrogen-bond acceptors (Lipinski definition) is 3. The van der Waals surface area contributed by atoms with E-state index in [1.807, 2.05) is 12.1 Å². The highest BCUT2D eigenvalue weighted by Crippen LogP contribution is 2.34. The van der Waals surface area contributed by atoms with Crippen LogP contribution in [-0.4, -0.2) is 18.9 Å². The summed E-state index contributed by atoms with van der Waals surface area (Å²) in [6.07, 6.45) is 1.76. The first-order chi connectivity index (χ1) is 14.8. The summed E-state index contributed by atoms with van der Waals surface area (Å²) < 4.78 is 10.5. The maximum Gasteiger partial charge on any atom is 0.227 e. The Morgan fingerprint density at radius 3 is 2.50 bits per heavy atom. The zero-order valence-corrected chi connectivity index (χ0v) is 16.2. The molecule has 7 aromatic rings. The maximum atomic E-state index is 6.04. The molecule has 0 saturated carbocycles. The smallest absolute Gasteiger partial charge is 0.227 e. The fourth-order valence-corrected chi connectivity index (χ4v) is 4.60. The first kappa shape index (κ1) is 15.8. The highest BCUT2D eigenvalue weighted by Gasteiger charge is 2.18. The van der Waals surface area contributed by atoms with Gasteiger partial charge in [0.1, 0.15) is 5.58 Å². The second-order valence-corrected chi connectivity index (χ2v) is 7.66. The van der Waals surface area contributed by atoms with Crippen LogP contribution in [0.5, 0.6) is 0 Å². The van der Waals surface area contributed by atoms with E-state index in [1.165, 1.54) is 0 Å². The number of aromatic nitrogens is 4. The number of aryl methyl sites for hydroxylation is 1. The van der Waals surface area contributed by atoms with Gasteiger partial charge in [-0.05, 0) is 61.0 Å². The Bertz CT molecular complexity index is 1770. The predicted molar refractivity (Wildman–Crippen MR) is 119 cm³/mol. The Hall–Kier alpha value is -4.12. The van der Waals surface area contributed by atoms with E-state index >= 15 is 0 Å². The van der Waals surface area contributed by atoms with Crippen molar-refractivity contribution in [1.82, 2.24) is 18.9 Å². The minimum absolute atomic E-state index is 0.668. The number of fused-ring (bicyclic) bond motifs is 8. The van der Waals surface area contributed by atoms with E-state index in [2.05, 4.69) is 81.5 Å². The van der Waals surface area contributed by atoms with E-state index in [-0.39, 0.29) is 0 Å². The van der Waals surface area contributed by atoms with Crippen LogP contribution in [0.2, 0.25) is 0 Å². The Labute approximate surface area is 170 Å². The molecule has 0 bridgehead atoms. The van der Waals surface area contributed by atoms with Crippen LogP contribution >= 0.6 is 0 Å². The number of imidazole rings is 2. The highest BCUT2D eigenvalue weighted by atomic mass is 16.3. The lowest BCUT2D eigenvalue weighted by atomic mass is 10.1. The standard InChI is InChI=1S/C25H16N4O/c1-15-13-16(14-18-17-7-6-12-26-24(17)30-23(15)18)28-21-10-4-5-11-22(21)29-20-9-3-2-8-19(20)27-25(28)29/h2-14H,1H3. The lowest BCUT2D eigenvalue weighted by molar-refractivity contribution is 0.651. The molecule has 0 amide bonds. The van der Waals surface area contributed by atoms with Gasteiger partial charge in [-0.2, -0.15) is 0 Å². The van der Waals surface area contributed by atoms with Gasteiger partial charge in [0.15, 0.2) is 0 Å². The second-order valence-electron chi connectivity index (χ2n) is 7.66. The molecule has 3 aromatic carbocycles. The minimum atomic E-state index is 0.668. The first-order valence-corrected chi connectivity index (χ1v) is 9.94. The van der Waals surface area contributed by atoms with E-state index in [9.17, 15) is 0 Å². The van der Waals surface area contributed by atoms with Crippen molar-refractivity contribution in [2.75, 3.05) is 0 Å². The van der Waals surface area contributed by atoms with Crippen LogP contribution in [0.1, 0.15) is 5.56 Å². The van der Waals surface area contributed by atoms with Gasteiger partial charge in [0.05, 0.1) is 27.8 Å². The monoisotopic (exact) mass is 388 g/mol. The van der Waals surface area contributed by atoms with Gasteiger partial charge in [0.25, 0.3) is 0 Å². The van der Waals surface area contributed by atoms with E-state index < -0.39 is 0 Å². The first-order valence-electron chi connectivity index (χ1n) is 9.94. The Kier molecular flexibility index (Phi) is 2.88. The SMILES string of the molecule is Cc1cc(-n2c3ccccc3n3c4ccccc4nc23)cc2c1oc1ncccc12. The third kappa shape index (κ3) is 1.91. The number of hydrogen-bond donors (Lipinski definition) is 0. The molecule has 0 aliphatic rings. The van der Waals surface area contributed by atoms with E-state index in [0.29, 0.717) is 5.71 Å². The van der Waals surface area contributed by atoms with Gasteiger partial charge in [-0.1, -0.05) is 24.3 Å². The molecule has 4 aromatic heterocycles. The molecule has 0 aliphatic heterocycles. The van der Waals surface area contributed by atoms with Crippen molar-refractivity contribution in [1.29, 1.82) is 0 Å². The number of para-hydroxylation sites is 4. The van der Waals surface area contributed by atoms with Gasteiger partial charge in [-0.15, -0.1) is 0 Å². The highest BCUT2D eigenvalue weighted by molar-refractivity contribution is 6.05.